The molecule has 2 heterocycles. The van der Waals surface area contributed by atoms with E-state index in [1.807, 2.05) is 36.2 Å². The highest BCUT2D eigenvalue weighted by Crippen LogP contribution is 2.39. The maximum atomic E-state index is 12.4. The third kappa shape index (κ3) is 1.92. The number of carbonyl (C=O) groups is 2. The maximum Gasteiger partial charge on any atom is 0.251 e. The van der Waals surface area contributed by atoms with Crippen LogP contribution in [0.3, 0.4) is 0 Å². The Morgan fingerprint density at radius 3 is 2.80 bits per heavy atom. The number of para-hydroxylation sites is 2. The molecule has 20 heavy (non-hydrogen) atoms. The monoisotopic (exact) mass is 296 g/mol. The number of hydrogen-bond donors (Lipinski definition) is 3. The Kier molecular flexibility index (Phi) is 3.62. The van der Waals surface area contributed by atoms with Crippen LogP contribution in [0.15, 0.2) is 24.3 Å². The van der Waals surface area contributed by atoms with Crippen LogP contribution >= 0.6 is 12.4 Å². The highest BCUT2D eigenvalue weighted by molar-refractivity contribution is 6.07. The first-order chi connectivity index (χ1) is 9.04. The summed E-state index contributed by atoms with van der Waals surface area (Å²) in [6.07, 6.45) is 0.388. The van der Waals surface area contributed by atoms with Crippen molar-refractivity contribution in [3.05, 3.63) is 24.3 Å². The normalized spacial score (nSPS) is 27.8. The van der Waals surface area contributed by atoms with Crippen molar-refractivity contribution in [1.29, 1.82) is 0 Å². The van der Waals surface area contributed by atoms with E-state index in [0.29, 0.717) is 13.0 Å². The quantitative estimate of drug-likeness (QED) is 0.685. The number of rotatable bonds is 1. The molecule has 7 heteroatoms. The summed E-state index contributed by atoms with van der Waals surface area (Å²) in [7, 11) is 1.88. The van der Waals surface area contributed by atoms with Crippen molar-refractivity contribution < 1.29 is 9.59 Å². The summed E-state index contributed by atoms with van der Waals surface area (Å²) >= 11 is 0. The third-order valence-corrected chi connectivity index (χ3v) is 4.10. The van der Waals surface area contributed by atoms with E-state index < -0.39 is 17.5 Å². The number of carbonyl (C=O) groups excluding carboxylic acids is 2. The lowest BCUT2D eigenvalue weighted by atomic mass is 9.89. The van der Waals surface area contributed by atoms with Crippen molar-refractivity contribution in [2.45, 2.75) is 18.0 Å². The average Bonchev–Trinajstić information content (AvgIpc) is 2.83. The number of halogens is 1. The van der Waals surface area contributed by atoms with E-state index in [2.05, 4.69) is 10.6 Å². The van der Waals surface area contributed by atoms with Crippen molar-refractivity contribution in [2.24, 2.45) is 5.73 Å². The van der Waals surface area contributed by atoms with E-state index in [9.17, 15) is 9.59 Å². The van der Waals surface area contributed by atoms with Gasteiger partial charge in [0.2, 0.25) is 5.91 Å². The van der Waals surface area contributed by atoms with E-state index in [0.717, 1.165) is 11.4 Å². The number of anilines is 2. The number of hydrogen-bond acceptors (Lipinski definition) is 4. The summed E-state index contributed by atoms with van der Waals surface area (Å²) in [6, 6.07) is 7.16. The summed E-state index contributed by atoms with van der Waals surface area (Å²) in [4.78, 5) is 25.7. The van der Waals surface area contributed by atoms with Crippen LogP contribution in [0.4, 0.5) is 11.4 Å². The van der Waals surface area contributed by atoms with Gasteiger partial charge in [-0.15, -0.1) is 12.4 Å². The standard InChI is InChI=1S/C13H16N4O2.ClH/c1-17-10-5-3-2-4-8(10)16-12(19)13(17)6-9(11(14)18)15-7-13;/h2-5,9,15H,6-7H2,1H3,(H2,14,18)(H,16,19);1H/t9-,13+;/m0./s1. The van der Waals surface area contributed by atoms with Crippen molar-refractivity contribution >= 4 is 35.6 Å². The Morgan fingerprint density at radius 2 is 2.15 bits per heavy atom. The molecule has 2 atom stereocenters. The minimum atomic E-state index is -0.742. The van der Waals surface area contributed by atoms with Crippen molar-refractivity contribution in [3.63, 3.8) is 0 Å². The largest absolute Gasteiger partial charge is 0.368 e. The highest BCUT2D eigenvalue weighted by Gasteiger charge is 2.52. The Labute approximate surface area is 123 Å². The first-order valence-electron chi connectivity index (χ1n) is 6.21. The van der Waals surface area contributed by atoms with Gasteiger partial charge in [-0.3, -0.25) is 9.59 Å². The van der Waals surface area contributed by atoms with Crippen LogP contribution < -0.4 is 21.3 Å². The lowest BCUT2D eigenvalue weighted by molar-refractivity contribution is -0.121. The van der Waals surface area contributed by atoms with Gasteiger partial charge in [-0.05, 0) is 12.1 Å². The molecule has 0 aliphatic carbocycles. The zero-order valence-electron chi connectivity index (χ0n) is 11.1. The lowest BCUT2D eigenvalue weighted by Crippen LogP contribution is -2.60. The number of primary amides is 1. The SMILES string of the molecule is CN1c2ccccc2NC(=O)[C@@]12CN[C@H](C(N)=O)C2.Cl. The van der Waals surface area contributed by atoms with Crippen LogP contribution in [-0.4, -0.2) is 37.0 Å². The zero-order chi connectivity index (χ0) is 13.6. The number of fused-ring (bicyclic) bond motifs is 1. The van der Waals surface area contributed by atoms with E-state index in [1.165, 1.54) is 0 Å². The Balaban J connectivity index is 0.00000147. The smallest absolute Gasteiger partial charge is 0.251 e. The lowest BCUT2D eigenvalue weighted by Gasteiger charge is -2.43. The molecule has 108 valence electrons. The Morgan fingerprint density at radius 1 is 1.45 bits per heavy atom. The molecule has 3 rings (SSSR count). The van der Waals surface area contributed by atoms with Crippen LogP contribution in [0, 0.1) is 0 Å². The van der Waals surface area contributed by atoms with Gasteiger partial charge in [0.1, 0.15) is 5.54 Å². The van der Waals surface area contributed by atoms with Crippen LogP contribution in [0.25, 0.3) is 0 Å². The van der Waals surface area contributed by atoms with E-state index in [1.54, 1.807) is 0 Å². The topological polar surface area (TPSA) is 87.5 Å². The molecule has 0 unspecified atom stereocenters. The zero-order valence-corrected chi connectivity index (χ0v) is 11.9. The number of nitrogens with two attached hydrogens (primary N) is 1. The number of nitrogens with one attached hydrogen (secondary N) is 2. The summed E-state index contributed by atoms with van der Waals surface area (Å²) in [5, 5.41) is 5.94. The van der Waals surface area contributed by atoms with Gasteiger partial charge >= 0.3 is 0 Å². The van der Waals surface area contributed by atoms with Crippen LogP contribution in [0.5, 0.6) is 0 Å². The highest BCUT2D eigenvalue weighted by atomic mass is 35.5. The Hall–Kier alpha value is -1.79. The molecule has 1 fully saturated rings. The van der Waals surface area contributed by atoms with Gasteiger partial charge in [0.25, 0.3) is 5.91 Å². The predicted octanol–water partition coefficient (Wildman–Crippen LogP) is 0.0827. The molecule has 2 aliphatic rings. The first-order valence-corrected chi connectivity index (χ1v) is 6.21. The van der Waals surface area contributed by atoms with Gasteiger partial charge in [0, 0.05) is 20.0 Å². The second-order valence-corrected chi connectivity index (χ2v) is 5.10. The maximum absolute atomic E-state index is 12.4. The summed E-state index contributed by atoms with van der Waals surface area (Å²) in [6.45, 7) is 0.414. The molecule has 1 saturated heterocycles. The molecule has 1 aromatic carbocycles. The van der Waals surface area contributed by atoms with Crippen molar-refractivity contribution in [3.8, 4) is 0 Å². The number of benzene rings is 1. The molecule has 1 aromatic rings. The van der Waals surface area contributed by atoms with Crippen LogP contribution in [0.1, 0.15) is 6.42 Å². The Bertz CT molecular complexity index is 565. The molecule has 4 N–H and O–H groups in total. The first kappa shape index (κ1) is 14.6. The fourth-order valence-corrected chi connectivity index (χ4v) is 2.90. The van der Waals surface area contributed by atoms with Crippen LogP contribution in [0.2, 0.25) is 0 Å². The second-order valence-electron chi connectivity index (χ2n) is 5.10. The summed E-state index contributed by atoms with van der Waals surface area (Å²) in [5.41, 5.74) is 6.33. The summed E-state index contributed by atoms with van der Waals surface area (Å²) in [5.74, 6) is -0.512. The van der Waals surface area contributed by atoms with Crippen molar-refractivity contribution in [2.75, 3.05) is 23.8 Å². The molecule has 0 aromatic heterocycles. The van der Waals surface area contributed by atoms with Gasteiger partial charge in [-0.2, -0.15) is 0 Å². The number of amides is 2. The molecule has 1 spiro atoms. The molecule has 0 saturated carbocycles. The molecular formula is C13H17ClN4O2. The van der Waals surface area contributed by atoms with E-state index in [4.69, 9.17) is 5.73 Å². The fraction of sp³-hybridized carbons (Fsp3) is 0.385. The van der Waals surface area contributed by atoms with E-state index >= 15 is 0 Å². The predicted molar refractivity (Wildman–Crippen MR) is 79.1 cm³/mol. The third-order valence-electron chi connectivity index (χ3n) is 4.10. The summed E-state index contributed by atoms with van der Waals surface area (Å²) < 4.78 is 0. The molecule has 0 radical (unpaired) electrons. The molecule has 0 bridgehead atoms. The minimum Gasteiger partial charge on any atom is -0.368 e. The fourth-order valence-electron chi connectivity index (χ4n) is 2.90. The number of nitrogens with zero attached hydrogens (tertiary/aromatic N) is 1. The van der Waals surface area contributed by atoms with Gasteiger partial charge < -0.3 is 21.3 Å². The van der Waals surface area contributed by atoms with Gasteiger partial charge in [-0.25, -0.2) is 0 Å². The van der Waals surface area contributed by atoms with Crippen LogP contribution in [-0.2, 0) is 9.59 Å². The van der Waals surface area contributed by atoms with Gasteiger partial charge in [-0.1, -0.05) is 12.1 Å². The average molecular weight is 297 g/mol. The second kappa shape index (κ2) is 4.96. The van der Waals surface area contributed by atoms with Gasteiger partial charge in [0.15, 0.2) is 0 Å². The number of likely N-dealkylation sites (N-methyl/N-ethyl adjacent to an activating group) is 1. The molecule has 6 nitrogen and oxygen atoms in total. The van der Waals surface area contributed by atoms with E-state index in [-0.39, 0.29) is 18.3 Å². The van der Waals surface area contributed by atoms with Gasteiger partial charge in [0.05, 0.1) is 17.4 Å². The minimum absolute atomic E-state index is 0. The molecule has 2 amide bonds. The molecule has 2 aliphatic heterocycles. The van der Waals surface area contributed by atoms with Crippen molar-refractivity contribution in [1.82, 2.24) is 5.32 Å². The molecular weight excluding hydrogens is 280 g/mol.